The summed E-state index contributed by atoms with van der Waals surface area (Å²) in [4.78, 5) is 72.8. The van der Waals surface area contributed by atoms with Crippen LogP contribution < -0.4 is 26.4 Å². The molecule has 1 aliphatic carbocycles. The van der Waals surface area contributed by atoms with E-state index in [0.29, 0.717) is 35.7 Å². The molecule has 1 saturated carbocycles. The second-order valence-corrected chi connectivity index (χ2v) is 17.0. The number of likely N-dealkylation sites (tertiary alicyclic amines) is 1. The first-order valence-electron chi connectivity index (χ1n) is 18.6. The van der Waals surface area contributed by atoms with E-state index < -0.39 is 34.6 Å². The van der Waals surface area contributed by atoms with E-state index in [9.17, 15) is 24.0 Å². The number of rotatable bonds is 10. The van der Waals surface area contributed by atoms with Crippen molar-refractivity contribution in [3.63, 3.8) is 0 Å². The number of hydrogen-bond acceptors (Lipinski definition) is 10. The van der Waals surface area contributed by atoms with Crippen LogP contribution in [0.25, 0.3) is 5.69 Å². The molecule has 5 amide bonds. The van der Waals surface area contributed by atoms with E-state index in [1.165, 1.54) is 9.47 Å². The summed E-state index contributed by atoms with van der Waals surface area (Å²) in [5.74, 6) is 2.10. The Bertz CT molecular complexity index is 1730. The lowest BCUT2D eigenvalue weighted by molar-refractivity contribution is -0.149. The van der Waals surface area contributed by atoms with Crippen LogP contribution in [0.2, 0.25) is 0 Å². The molecule has 5 rings (SSSR count). The highest BCUT2D eigenvalue weighted by Gasteiger charge is 2.55. The number of hydrogen-bond donors (Lipinski definition) is 3. The third kappa shape index (κ3) is 10.9. The van der Waals surface area contributed by atoms with Crippen LogP contribution in [0.3, 0.4) is 0 Å². The zero-order chi connectivity index (χ0) is 39.6. The summed E-state index contributed by atoms with van der Waals surface area (Å²) in [6.45, 7) is 20.5. The number of fused-ring (bicyclic) bond motifs is 1. The van der Waals surface area contributed by atoms with Gasteiger partial charge in [-0.1, -0.05) is 0 Å². The maximum absolute atomic E-state index is 13.1. The zero-order valence-corrected chi connectivity index (χ0v) is 32.9. The number of anilines is 1. The molecule has 16 heteroatoms. The molecule has 16 nitrogen and oxygen atoms in total. The van der Waals surface area contributed by atoms with Gasteiger partial charge in [0.15, 0.2) is 5.60 Å². The Kier molecular flexibility index (Phi) is 11.8. The molecule has 2 aromatic rings. The zero-order valence-electron chi connectivity index (χ0n) is 32.9. The molecule has 3 fully saturated rings. The lowest BCUT2D eigenvalue weighted by atomic mass is 10.1. The molecule has 0 spiro atoms. The summed E-state index contributed by atoms with van der Waals surface area (Å²) >= 11 is 0. The number of aromatic nitrogens is 2. The summed E-state index contributed by atoms with van der Waals surface area (Å²) in [5.41, 5.74) is -2.36. The molecule has 3 N–H and O–H groups in total. The number of nitrogens with zero attached hydrogens (tertiary/aromatic N) is 5. The van der Waals surface area contributed by atoms with Crippen LogP contribution in [0.5, 0.6) is 5.75 Å². The fourth-order valence-corrected chi connectivity index (χ4v) is 6.98. The topological polar surface area (TPSA) is 177 Å². The Balaban J connectivity index is 1.03. The smallest absolute Gasteiger partial charge is 0.408 e. The van der Waals surface area contributed by atoms with Crippen molar-refractivity contribution in [2.75, 3.05) is 57.7 Å². The highest BCUT2D eigenvalue weighted by atomic mass is 16.6. The van der Waals surface area contributed by atoms with Crippen molar-refractivity contribution in [2.45, 2.75) is 85.2 Å². The number of urea groups is 1. The van der Waals surface area contributed by atoms with Gasteiger partial charge in [-0.3, -0.25) is 19.6 Å². The number of benzene rings is 1. The first-order chi connectivity index (χ1) is 25.2. The molecule has 3 aliphatic rings. The molecular formula is C38H56N8O8. The van der Waals surface area contributed by atoms with E-state index in [2.05, 4.69) is 25.8 Å². The van der Waals surface area contributed by atoms with E-state index in [4.69, 9.17) is 14.2 Å². The molecule has 296 valence electrons. The van der Waals surface area contributed by atoms with Gasteiger partial charge in [-0.2, -0.15) is 4.98 Å². The van der Waals surface area contributed by atoms with E-state index in [0.717, 1.165) is 19.6 Å². The van der Waals surface area contributed by atoms with Gasteiger partial charge < -0.3 is 34.6 Å². The molecule has 1 aromatic carbocycles. The minimum absolute atomic E-state index is 0.0464. The van der Waals surface area contributed by atoms with Gasteiger partial charge in [0.2, 0.25) is 0 Å². The van der Waals surface area contributed by atoms with E-state index in [1.807, 2.05) is 60.6 Å². The summed E-state index contributed by atoms with van der Waals surface area (Å²) in [7, 11) is 0. The summed E-state index contributed by atoms with van der Waals surface area (Å²) in [6.07, 6.45) is 0.455. The number of carbonyl (C=O) groups excluding carboxylic acids is 4. The Labute approximate surface area is 316 Å². The summed E-state index contributed by atoms with van der Waals surface area (Å²) in [5, 5.41) is 8.27. The number of nitrogens with one attached hydrogen (secondary N) is 3. The summed E-state index contributed by atoms with van der Waals surface area (Å²) < 4.78 is 18.3. The predicted octanol–water partition coefficient (Wildman–Crippen LogP) is 3.68. The van der Waals surface area contributed by atoms with Crippen LogP contribution in [0.1, 0.15) is 62.3 Å². The van der Waals surface area contributed by atoms with Gasteiger partial charge in [0, 0.05) is 64.1 Å². The third-order valence-corrected chi connectivity index (χ3v) is 9.53. The molecule has 0 radical (unpaired) electrons. The van der Waals surface area contributed by atoms with Crippen LogP contribution in [0.4, 0.5) is 20.2 Å². The lowest BCUT2D eigenvalue weighted by Crippen LogP contribution is -2.57. The molecule has 2 aliphatic heterocycles. The van der Waals surface area contributed by atoms with Crippen LogP contribution in [0.15, 0.2) is 41.3 Å². The number of piperazine rings is 1. The first kappa shape index (κ1) is 40.3. The molecule has 0 bridgehead atoms. The van der Waals surface area contributed by atoms with Crippen molar-refractivity contribution >= 4 is 29.9 Å². The van der Waals surface area contributed by atoms with Crippen LogP contribution in [-0.2, 0) is 14.3 Å². The molecule has 2 saturated heterocycles. The lowest BCUT2D eigenvalue weighted by Gasteiger charge is -2.38. The number of amides is 5. The minimum Gasteiger partial charge on any atom is -0.489 e. The molecule has 3 heterocycles. The molecule has 1 aromatic heterocycles. The van der Waals surface area contributed by atoms with Crippen molar-refractivity contribution < 1.29 is 33.4 Å². The average Bonchev–Trinajstić information content (AvgIpc) is 3.51. The van der Waals surface area contributed by atoms with Gasteiger partial charge in [0.1, 0.15) is 23.3 Å². The SMILES string of the molecule is CC(CN1CC2C(CNC(=O)OC(C)(C)C)C2C1)Oc1ccc(-n2ccc(NC(=O)N3CCN(C(=O)C(C)(C)OC(=O)NC(C)(C)C)CC3)nc2=O)cc1. The van der Waals surface area contributed by atoms with Crippen molar-refractivity contribution in [3.05, 3.63) is 47.0 Å². The van der Waals surface area contributed by atoms with E-state index in [1.54, 1.807) is 43.1 Å². The van der Waals surface area contributed by atoms with E-state index >= 15 is 0 Å². The van der Waals surface area contributed by atoms with Crippen molar-refractivity contribution in [1.29, 1.82) is 0 Å². The standard InChI is InChI=1S/C38H56N8O8/c1-24(21-43-22-28-27(29(28)23-43)20-39-34(50)53-37(5,6)7)52-26-12-10-25(11-13-26)46-15-14-30(41-33(46)49)40-32(48)45-18-16-44(17-19-45)31(47)38(8,9)54-35(51)42-36(2,3)4/h10-15,24,27-29H,16-23H2,1-9H3,(H,39,50)(H,42,51)(H,40,41,48,49). The Morgan fingerprint density at radius 2 is 1.46 bits per heavy atom. The highest BCUT2D eigenvalue weighted by Crippen LogP contribution is 2.51. The fourth-order valence-electron chi connectivity index (χ4n) is 6.98. The largest absolute Gasteiger partial charge is 0.489 e. The van der Waals surface area contributed by atoms with Gasteiger partial charge in [0.25, 0.3) is 5.91 Å². The number of piperidine rings is 1. The van der Waals surface area contributed by atoms with Gasteiger partial charge in [-0.05, 0) is 110 Å². The minimum atomic E-state index is -1.38. The quantitative estimate of drug-likeness (QED) is 0.325. The fraction of sp³-hybridized carbons (Fsp3) is 0.632. The van der Waals surface area contributed by atoms with Gasteiger partial charge in [-0.25, -0.2) is 19.2 Å². The first-order valence-corrected chi connectivity index (χ1v) is 18.6. The number of carbonyl (C=O) groups is 4. The number of ether oxygens (including phenoxy) is 3. The predicted molar refractivity (Wildman–Crippen MR) is 202 cm³/mol. The average molecular weight is 753 g/mol. The van der Waals surface area contributed by atoms with E-state index in [-0.39, 0.29) is 50.1 Å². The Morgan fingerprint density at radius 3 is 2.04 bits per heavy atom. The van der Waals surface area contributed by atoms with Crippen LogP contribution in [0, 0.1) is 17.8 Å². The van der Waals surface area contributed by atoms with Crippen molar-refractivity contribution in [3.8, 4) is 11.4 Å². The van der Waals surface area contributed by atoms with Gasteiger partial charge >= 0.3 is 23.9 Å². The Morgan fingerprint density at radius 1 is 0.852 bits per heavy atom. The second kappa shape index (κ2) is 15.9. The molecule has 3 unspecified atom stereocenters. The highest BCUT2D eigenvalue weighted by molar-refractivity contribution is 5.89. The second-order valence-electron chi connectivity index (χ2n) is 17.0. The van der Waals surface area contributed by atoms with Crippen molar-refractivity contribution in [2.24, 2.45) is 17.8 Å². The molecule has 3 atom stereocenters. The Hall–Kier alpha value is -4.86. The van der Waals surface area contributed by atoms with Crippen LogP contribution in [-0.4, -0.2) is 124 Å². The van der Waals surface area contributed by atoms with Crippen LogP contribution >= 0.6 is 0 Å². The summed E-state index contributed by atoms with van der Waals surface area (Å²) in [6, 6.07) is 8.29. The normalized spacial score (nSPS) is 20.7. The van der Waals surface area contributed by atoms with Gasteiger partial charge in [-0.15, -0.1) is 0 Å². The molecule has 54 heavy (non-hydrogen) atoms. The number of alkyl carbamates (subject to hydrolysis) is 2. The maximum Gasteiger partial charge on any atom is 0.408 e. The van der Waals surface area contributed by atoms with Gasteiger partial charge in [0.05, 0.1) is 5.69 Å². The molecular weight excluding hydrogens is 696 g/mol. The third-order valence-electron chi connectivity index (χ3n) is 9.53. The maximum atomic E-state index is 13.1. The van der Waals surface area contributed by atoms with Crippen molar-refractivity contribution in [1.82, 2.24) is 34.9 Å². The monoisotopic (exact) mass is 752 g/mol.